The molecule has 0 spiro atoms. The van der Waals surface area contributed by atoms with Crippen molar-refractivity contribution in [2.75, 3.05) is 6.26 Å². The fourth-order valence-electron chi connectivity index (χ4n) is 1.86. The molecule has 19 heavy (non-hydrogen) atoms. The fourth-order valence-corrected chi connectivity index (χ4v) is 2.74. The highest BCUT2D eigenvalue weighted by atomic mass is 32.2. The number of hydrogen-bond donors (Lipinski definition) is 1. The number of alkyl halides is 3. The van der Waals surface area contributed by atoms with E-state index in [1.807, 2.05) is 0 Å². The Labute approximate surface area is 110 Å². The van der Waals surface area contributed by atoms with Crippen molar-refractivity contribution in [1.29, 1.82) is 0 Å². The van der Waals surface area contributed by atoms with Crippen LogP contribution in [0.4, 0.5) is 13.2 Å². The third kappa shape index (κ3) is 4.50. The molecule has 3 nitrogen and oxygen atoms in total. The predicted molar refractivity (Wildman–Crippen MR) is 67.3 cm³/mol. The Morgan fingerprint density at radius 2 is 1.68 bits per heavy atom. The summed E-state index contributed by atoms with van der Waals surface area (Å²) in [5.74, 6) is -0.590. The lowest BCUT2D eigenvalue weighted by Crippen LogP contribution is -2.35. The molecule has 0 saturated heterocycles. The van der Waals surface area contributed by atoms with Crippen molar-refractivity contribution in [3.63, 3.8) is 0 Å². The molecule has 2 unspecified atom stereocenters. The summed E-state index contributed by atoms with van der Waals surface area (Å²) in [4.78, 5) is 0. The molecule has 0 aliphatic rings. The third-order valence-corrected chi connectivity index (χ3v) is 3.71. The molecule has 0 radical (unpaired) electrons. The van der Waals surface area contributed by atoms with Gasteiger partial charge in [0.2, 0.25) is 10.0 Å². The Hall–Kier alpha value is -1.08. The number of hydrogen-bond acceptors (Lipinski definition) is 2. The minimum absolute atomic E-state index is 0.0821. The number of halogens is 3. The summed E-state index contributed by atoms with van der Waals surface area (Å²) < 4.78 is 63.2. The van der Waals surface area contributed by atoms with Crippen molar-refractivity contribution in [2.45, 2.75) is 32.0 Å². The number of benzene rings is 1. The zero-order chi connectivity index (χ0) is 14.8. The van der Waals surface area contributed by atoms with Gasteiger partial charge in [0.25, 0.3) is 0 Å². The molecule has 0 aromatic heterocycles. The van der Waals surface area contributed by atoms with Crippen LogP contribution in [-0.2, 0) is 16.2 Å². The topological polar surface area (TPSA) is 46.2 Å². The Morgan fingerprint density at radius 3 is 2.16 bits per heavy atom. The van der Waals surface area contributed by atoms with Crippen LogP contribution in [0.15, 0.2) is 24.3 Å². The normalized spacial score (nSPS) is 16.1. The van der Waals surface area contributed by atoms with E-state index in [0.717, 1.165) is 12.3 Å². The highest BCUT2D eigenvalue weighted by Crippen LogP contribution is 2.35. The molecular formula is C12H16F3NO2S. The molecule has 108 valence electrons. The van der Waals surface area contributed by atoms with Crippen molar-refractivity contribution in [2.24, 2.45) is 0 Å². The first-order chi connectivity index (χ1) is 8.52. The highest BCUT2D eigenvalue weighted by Gasteiger charge is 2.35. The largest absolute Gasteiger partial charge is 0.416 e. The average Bonchev–Trinajstić information content (AvgIpc) is 2.24. The maximum absolute atomic E-state index is 12.9. The van der Waals surface area contributed by atoms with E-state index in [1.54, 1.807) is 13.8 Å². The van der Waals surface area contributed by atoms with Crippen LogP contribution in [0.2, 0.25) is 0 Å². The zero-order valence-electron chi connectivity index (χ0n) is 10.8. The first-order valence-electron chi connectivity index (χ1n) is 5.66. The van der Waals surface area contributed by atoms with Gasteiger partial charge in [0.1, 0.15) is 0 Å². The van der Waals surface area contributed by atoms with Gasteiger partial charge in [-0.2, -0.15) is 13.2 Å². The van der Waals surface area contributed by atoms with E-state index in [2.05, 4.69) is 4.72 Å². The Kier molecular flexibility index (Phi) is 4.63. The van der Waals surface area contributed by atoms with Crippen LogP contribution >= 0.6 is 0 Å². The number of nitrogens with one attached hydrogen (secondary N) is 1. The first-order valence-corrected chi connectivity index (χ1v) is 7.55. The molecule has 1 rings (SSSR count). The average molecular weight is 295 g/mol. The van der Waals surface area contributed by atoms with Gasteiger partial charge in [0.15, 0.2) is 0 Å². The van der Waals surface area contributed by atoms with Crippen molar-refractivity contribution >= 4 is 10.0 Å². The number of sulfonamides is 1. The summed E-state index contributed by atoms with van der Waals surface area (Å²) in [5.41, 5.74) is -0.650. The van der Waals surface area contributed by atoms with Crippen LogP contribution in [0.3, 0.4) is 0 Å². The Morgan fingerprint density at radius 1 is 1.16 bits per heavy atom. The van der Waals surface area contributed by atoms with Gasteiger partial charge in [-0.05, 0) is 24.5 Å². The van der Waals surface area contributed by atoms with E-state index < -0.39 is 33.7 Å². The minimum atomic E-state index is -4.45. The summed E-state index contributed by atoms with van der Waals surface area (Å²) in [6.07, 6.45) is -3.47. The molecule has 0 amide bonds. The third-order valence-electron chi connectivity index (χ3n) is 2.91. The maximum Gasteiger partial charge on any atom is 0.416 e. The minimum Gasteiger partial charge on any atom is -0.213 e. The molecule has 0 saturated carbocycles. The van der Waals surface area contributed by atoms with Crippen LogP contribution < -0.4 is 4.72 Å². The molecule has 1 N–H and O–H groups in total. The smallest absolute Gasteiger partial charge is 0.213 e. The van der Waals surface area contributed by atoms with E-state index in [0.29, 0.717) is 0 Å². The summed E-state index contributed by atoms with van der Waals surface area (Å²) in [5, 5.41) is 0. The molecule has 0 aliphatic heterocycles. The van der Waals surface area contributed by atoms with Gasteiger partial charge < -0.3 is 0 Å². The fraction of sp³-hybridized carbons (Fsp3) is 0.500. The molecule has 0 aliphatic carbocycles. The van der Waals surface area contributed by atoms with Crippen LogP contribution in [-0.4, -0.2) is 20.7 Å². The monoisotopic (exact) mass is 295 g/mol. The summed E-state index contributed by atoms with van der Waals surface area (Å²) in [6, 6.07) is 4.56. The lowest BCUT2D eigenvalue weighted by atomic mass is 9.91. The number of rotatable bonds is 4. The summed E-state index contributed by atoms with van der Waals surface area (Å²) >= 11 is 0. The van der Waals surface area contributed by atoms with E-state index in [9.17, 15) is 21.6 Å². The van der Waals surface area contributed by atoms with Crippen LogP contribution in [0.1, 0.15) is 30.9 Å². The van der Waals surface area contributed by atoms with Crippen molar-refractivity contribution in [3.05, 3.63) is 35.4 Å². The quantitative estimate of drug-likeness (QED) is 0.928. The molecule has 1 aromatic carbocycles. The van der Waals surface area contributed by atoms with Gasteiger partial charge in [-0.15, -0.1) is 0 Å². The van der Waals surface area contributed by atoms with E-state index in [1.165, 1.54) is 18.2 Å². The molecule has 7 heteroatoms. The molecule has 1 aromatic rings. The van der Waals surface area contributed by atoms with E-state index in [-0.39, 0.29) is 5.56 Å². The Bertz CT molecular complexity index is 540. The second-order valence-electron chi connectivity index (χ2n) is 4.55. The predicted octanol–water partition coefficient (Wildman–Crippen LogP) is 2.75. The van der Waals surface area contributed by atoms with Crippen molar-refractivity contribution < 1.29 is 21.6 Å². The molecule has 0 heterocycles. The molecule has 2 atom stereocenters. The van der Waals surface area contributed by atoms with Crippen LogP contribution in [0.5, 0.6) is 0 Å². The van der Waals surface area contributed by atoms with Crippen LogP contribution in [0, 0.1) is 0 Å². The molecular weight excluding hydrogens is 279 g/mol. The molecule has 0 fully saturated rings. The standard InChI is InChI=1S/C12H16F3NO2S/c1-8(9(2)16-19(3,17)18)10-6-4-5-7-11(10)12(13,14)15/h4-9,16H,1-3H3. The maximum atomic E-state index is 12.9. The van der Waals surface area contributed by atoms with Gasteiger partial charge in [-0.3, -0.25) is 0 Å². The summed E-state index contributed by atoms with van der Waals surface area (Å²) in [7, 11) is -3.46. The van der Waals surface area contributed by atoms with Crippen molar-refractivity contribution in [1.82, 2.24) is 4.72 Å². The van der Waals surface area contributed by atoms with Gasteiger partial charge in [0.05, 0.1) is 11.8 Å². The van der Waals surface area contributed by atoms with Gasteiger partial charge in [-0.1, -0.05) is 25.1 Å². The van der Waals surface area contributed by atoms with Gasteiger partial charge >= 0.3 is 6.18 Å². The highest BCUT2D eigenvalue weighted by molar-refractivity contribution is 7.88. The van der Waals surface area contributed by atoms with Crippen molar-refractivity contribution in [3.8, 4) is 0 Å². The lowest BCUT2D eigenvalue weighted by Gasteiger charge is -2.23. The molecule has 0 bridgehead atoms. The lowest BCUT2D eigenvalue weighted by molar-refractivity contribution is -0.138. The SMILES string of the molecule is CC(NS(C)(=O)=O)C(C)c1ccccc1C(F)(F)F. The van der Waals surface area contributed by atoms with Gasteiger partial charge in [-0.25, -0.2) is 13.1 Å². The van der Waals surface area contributed by atoms with E-state index >= 15 is 0 Å². The van der Waals surface area contributed by atoms with Crippen LogP contribution in [0.25, 0.3) is 0 Å². The second kappa shape index (κ2) is 5.50. The summed E-state index contributed by atoms with van der Waals surface area (Å²) in [6.45, 7) is 3.10. The Balaban J connectivity index is 3.10. The second-order valence-corrected chi connectivity index (χ2v) is 6.33. The van der Waals surface area contributed by atoms with E-state index in [4.69, 9.17) is 0 Å². The zero-order valence-corrected chi connectivity index (χ0v) is 11.6. The first kappa shape index (κ1) is 16.0. The van der Waals surface area contributed by atoms with Gasteiger partial charge in [0, 0.05) is 6.04 Å².